The highest BCUT2D eigenvalue weighted by atomic mass is 15.2. The summed E-state index contributed by atoms with van der Waals surface area (Å²) in [5, 5.41) is 4.91. The zero-order valence-corrected chi connectivity index (χ0v) is 12.3. The molecule has 1 fully saturated rings. The zero-order valence-electron chi connectivity index (χ0n) is 12.3. The van der Waals surface area contributed by atoms with Gasteiger partial charge in [0.2, 0.25) is 0 Å². The Morgan fingerprint density at radius 1 is 1.15 bits per heavy atom. The molecule has 0 bridgehead atoms. The first-order valence-electron chi connectivity index (χ1n) is 7.87. The molecule has 0 radical (unpaired) electrons. The van der Waals surface area contributed by atoms with E-state index in [-0.39, 0.29) is 0 Å². The fraction of sp³-hybridized carbons (Fsp3) is 0.529. The Labute approximate surface area is 120 Å². The number of aromatic nitrogens is 1. The van der Waals surface area contributed by atoms with Gasteiger partial charge in [-0.15, -0.1) is 0 Å². The Bertz CT molecular complexity index is 635. The van der Waals surface area contributed by atoms with Crippen LogP contribution in [0.5, 0.6) is 0 Å². The van der Waals surface area contributed by atoms with E-state index in [0.717, 1.165) is 13.1 Å². The van der Waals surface area contributed by atoms with Crippen molar-refractivity contribution in [3.8, 4) is 0 Å². The van der Waals surface area contributed by atoms with Crippen molar-refractivity contribution >= 4 is 10.9 Å². The quantitative estimate of drug-likeness (QED) is 0.919. The van der Waals surface area contributed by atoms with E-state index in [2.05, 4.69) is 39.9 Å². The lowest BCUT2D eigenvalue weighted by Crippen LogP contribution is -2.44. The van der Waals surface area contributed by atoms with Gasteiger partial charge in [0.25, 0.3) is 0 Å². The molecule has 2 aliphatic rings. The molecular formula is C17H23N3. The summed E-state index contributed by atoms with van der Waals surface area (Å²) in [7, 11) is 0. The van der Waals surface area contributed by atoms with E-state index >= 15 is 0 Å². The molecule has 0 unspecified atom stereocenters. The highest BCUT2D eigenvalue weighted by molar-refractivity contribution is 5.89. The minimum absolute atomic E-state index is 1.14. The Balaban J connectivity index is 1.63. The molecule has 0 atom stereocenters. The number of benzene rings is 1. The van der Waals surface area contributed by atoms with Crippen molar-refractivity contribution in [3.05, 3.63) is 35.0 Å². The van der Waals surface area contributed by atoms with E-state index in [9.17, 15) is 0 Å². The minimum atomic E-state index is 1.14. The topological polar surface area (TPSA) is 20.2 Å². The van der Waals surface area contributed by atoms with Crippen LogP contribution in [-0.2, 0) is 19.4 Å². The molecule has 1 N–H and O–H groups in total. The van der Waals surface area contributed by atoms with Gasteiger partial charge in [0.05, 0.1) is 5.52 Å². The molecule has 1 aromatic heterocycles. The van der Waals surface area contributed by atoms with E-state index in [1.807, 2.05) is 0 Å². The summed E-state index contributed by atoms with van der Waals surface area (Å²) in [6.07, 6.45) is 2.41. The maximum Gasteiger partial charge on any atom is 0.0518 e. The van der Waals surface area contributed by atoms with Crippen LogP contribution in [-0.4, -0.2) is 42.2 Å². The van der Waals surface area contributed by atoms with Gasteiger partial charge in [-0.3, -0.25) is 0 Å². The molecule has 2 aromatic rings. The number of nitrogens with zero attached hydrogens (tertiary/aromatic N) is 2. The number of piperazine rings is 1. The summed E-state index contributed by atoms with van der Waals surface area (Å²) < 4.78 is 2.59. The van der Waals surface area contributed by atoms with Gasteiger partial charge >= 0.3 is 0 Å². The summed E-state index contributed by atoms with van der Waals surface area (Å²) in [6, 6.07) is 6.82. The average molecular weight is 269 g/mol. The van der Waals surface area contributed by atoms with E-state index in [1.54, 1.807) is 11.3 Å². The first kappa shape index (κ1) is 12.4. The lowest BCUT2D eigenvalue weighted by Gasteiger charge is -2.27. The molecule has 3 heteroatoms. The number of para-hydroxylation sites is 1. The van der Waals surface area contributed by atoms with Crippen molar-refractivity contribution in [1.82, 2.24) is 14.8 Å². The lowest BCUT2D eigenvalue weighted by molar-refractivity contribution is 0.242. The largest absolute Gasteiger partial charge is 0.344 e. The molecule has 3 nitrogen and oxygen atoms in total. The molecule has 20 heavy (non-hydrogen) atoms. The fourth-order valence-electron chi connectivity index (χ4n) is 3.91. The van der Waals surface area contributed by atoms with Crippen LogP contribution >= 0.6 is 0 Å². The van der Waals surface area contributed by atoms with E-state index in [0.29, 0.717) is 0 Å². The van der Waals surface area contributed by atoms with Crippen molar-refractivity contribution < 1.29 is 0 Å². The predicted octanol–water partition coefficient (Wildman–Crippen LogP) is 1.95. The van der Waals surface area contributed by atoms with Crippen LogP contribution in [0.4, 0.5) is 0 Å². The van der Waals surface area contributed by atoms with Crippen LogP contribution in [0.25, 0.3) is 10.9 Å². The highest BCUT2D eigenvalue weighted by Gasteiger charge is 2.21. The lowest BCUT2D eigenvalue weighted by atomic mass is 10.1. The SMILES string of the molecule is Cc1c(CCN2CCNCC2)n2c3c(cccc13)CC2. The van der Waals surface area contributed by atoms with Crippen LogP contribution in [0.15, 0.2) is 18.2 Å². The first-order chi connectivity index (χ1) is 9.84. The second-order valence-electron chi connectivity index (χ2n) is 6.13. The molecule has 106 valence electrons. The molecule has 0 aliphatic carbocycles. The molecule has 3 heterocycles. The molecule has 0 amide bonds. The Kier molecular flexibility index (Phi) is 3.04. The molecule has 0 spiro atoms. The molecule has 1 saturated heterocycles. The summed E-state index contributed by atoms with van der Waals surface area (Å²) in [5.74, 6) is 0. The second-order valence-corrected chi connectivity index (χ2v) is 6.13. The maximum atomic E-state index is 3.43. The van der Waals surface area contributed by atoms with Gasteiger partial charge in [-0.25, -0.2) is 0 Å². The van der Waals surface area contributed by atoms with Crippen molar-refractivity contribution in [2.75, 3.05) is 32.7 Å². The van der Waals surface area contributed by atoms with Crippen LogP contribution in [0, 0.1) is 6.92 Å². The number of hydrogen-bond donors (Lipinski definition) is 1. The first-order valence-corrected chi connectivity index (χ1v) is 7.87. The minimum Gasteiger partial charge on any atom is -0.344 e. The smallest absolute Gasteiger partial charge is 0.0518 e. The molecule has 4 rings (SSSR count). The van der Waals surface area contributed by atoms with Gasteiger partial charge in [0.15, 0.2) is 0 Å². The average Bonchev–Trinajstić information content (AvgIpc) is 3.03. The number of hydrogen-bond acceptors (Lipinski definition) is 2. The van der Waals surface area contributed by atoms with E-state index in [4.69, 9.17) is 0 Å². The standard InChI is InChI=1S/C17H23N3/c1-13-15-4-2-3-14-5-10-20(17(14)15)16(13)6-9-19-11-7-18-8-12-19/h2-4,18H,5-12H2,1H3. The Hall–Kier alpha value is -1.32. The van der Waals surface area contributed by atoms with Gasteiger partial charge in [-0.2, -0.15) is 0 Å². The second kappa shape index (κ2) is 4.90. The monoisotopic (exact) mass is 269 g/mol. The van der Waals surface area contributed by atoms with Crippen molar-refractivity contribution in [1.29, 1.82) is 0 Å². The third-order valence-electron chi connectivity index (χ3n) is 5.03. The van der Waals surface area contributed by atoms with Gasteiger partial charge in [-0.1, -0.05) is 18.2 Å². The van der Waals surface area contributed by atoms with Crippen molar-refractivity contribution in [2.45, 2.75) is 26.3 Å². The van der Waals surface area contributed by atoms with E-state index in [1.165, 1.54) is 55.5 Å². The summed E-state index contributed by atoms with van der Waals surface area (Å²) in [4.78, 5) is 2.59. The van der Waals surface area contributed by atoms with Gasteiger partial charge in [-0.05, 0) is 24.5 Å². The summed E-state index contributed by atoms with van der Waals surface area (Å²) in [5.41, 5.74) is 6.14. The molecule has 2 aliphatic heterocycles. The third kappa shape index (κ3) is 1.88. The van der Waals surface area contributed by atoms with Gasteiger partial charge in [0.1, 0.15) is 0 Å². The predicted molar refractivity (Wildman–Crippen MR) is 83.4 cm³/mol. The molecule has 0 saturated carbocycles. The number of rotatable bonds is 3. The van der Waals surface area contributed by atoms with Crippen LogP contribution < -0.4 is 5.32 Å². The number of aryl methyl sites for hydroxylation is 3. The van der Waals surface area contributed by atoms with Gasteiger partial charge in [0, 0.05) is 56.8 Å². The van der Waals surface area contributed by atoms with Crippen LogP contribution in [0.3, 0.4) is 0 Å². The Morgan fingerprint density at radius 2 is 2.00 bits per heavy atom. The third-order valence-corrected chi connectivity index (χ3v) is 5.03. The molecule has 1 aromatic carbocycles. The fourth-order valence-corrected chi connectivity index (χ4v) is 3.91. The van der Waals surface area contributed by atoms with Gasteiger partial charge < -0.3 is 14.8 Å². The van der Waals surface area contributed by atoms with Crippen LogP contribution in [0.1, 0.15) is 16.8 Å². The number of nitrogens with one attached hydrogen (secondary N) is 1. The normalized spacial score (nSPS) is 19.1. The van der Waals surface area contributed by atoms with Crippen molar-refractivity contribution in [3.63, 3.8) is 0 Å². The highest BCUT2D eigenvalue weighted by Crippen LogP contribution is 2.33. The zero-order chi connectivity index (χ0) is 13.5. The summed E-state index contributed by atoms with van der Waals surface area (Å²) in [6.45, 7) is 9.38. The maximum absolute atomic E-state index is 3.43. The Morgan fingerprint density at radius 3 is 2.85 bits per heavy atom. The summed E-state index contributed by atoms with van der Waals surface area (Å²) >= 11 is 0. The van der Waals surface area contributed by atoms with Crippen LogP contribution in [0.2, 0.25) is 0 Å². The van der Waals surface area contributed by atoms with Crippen molar-refractivity contribution in [2.24, 2.45) is 0 Å². The molecular weight excluding hydrogens is 246 g/mol. The van der Waals surface area contributed by atoms with E-state index < -0.39 is 0 Å².